The zero-order valence-electron chi connectivity index (χ0n) is 9.80. The van der Waals surface area contributed by atoms with Crippen LogP contribution in [0.4, 0.5) is 8.78 Å². The Balaban J connectivity index is 0.00000256. The minimum atomic E-state index is -0.743. The molecule has 0 aliphatic carbocycles. The molecule has 0 aliphatic rings. The van der Waals surface area contributed by atoms with Gasteiger partial charge >= 0.3 is 0 Å². The van der Waals surface area contributed by atoms with Crippen molar-refractivity contribution in [3.8, 4) is 5.75 Å². The summed E-state index contributed by atoms with van der Waals surface area (Å²) in [5, 5.41) is 0. The van der Waals surface area contributed by atoms with Crippen LogP contribution < -0.4 is 10.5 Å². The summed E-state index contributed by atoms with van der Waals surface area (Å²) in [6.45, 7) is 5.43. The van der Waals surface area contributed by atoms with Crippen molar-refractivity contribution in [2.75, 3.05) is 7.11 Å². The molecule has 0 fully saturated rings. The summed E-state index contributed by atoms with van der Waals surface area (Å²) in [5.74, 6) is -1.41. The van der Waals surface area contributed by atoms with Gasteiger partial charge in [0.2, 0.25) is 0 Å². The molecule has 96 valence electrons. The highest BCUT2D eigenvalue weighted by Crippen LogP contribution is 2.29. The van der Waals surface area contributed by atoms with Crippen molar-refractivity contribution in [2.45, 2.75) is 19.4 Å². The number of hydrogen-bond donors (Lipinski definition) is 1. The summed E-state index contributed by atoms with van der Waals surface area (Å²) in [7, 11) is 1.32. The Hall–Kier alpha value is -1.13. The molecule has 0 aliphatic heterocycles. The zero-order valence-corrected chi connectivity index (χ0v) is 10.6. The third kappa shape index (κ3) is 3.68. The molecule has 17 heavy (non-hydrogen) atoms. The fourth-order valence-corrected chi connectivity index (χ4v) is 1.52. The van der Waals surface area contributed by atoms with Gasteiger partial charge in [0.15, 0.2) is 11.6 Å². The molecule has 0 spiro atoms. The lowest BCUT2D eigenvalue weighted by Gasteiger charge is -2.15. The number of hydrogen-bond acceptors (Lipinski definition) is 2. The smallest absolute Gasteiger partial charge is 0.172 e. The van der Waals surface area contributed by atoms with E-state index in [1.165, 1.54) is 13.2 Å². The average Bonchev–Trinajstić information content (AvgIpc) is 2.16. The SMILES string of the molecule is C=C(C)C[C@H](N)c1c(F)ccc(OC)c1F.Cl. The third-order valence-corrected chi connectivity index (χ3v) is 2.25. The largest absolute Gasteiger partial charge is 0.494 e. The lowest BCUT2D eigenvalue weighted by atomic mass is 10.00. The van der Waals surface area contributed by atoms with E-state index >= 15 is 0 Å². The average molecular weight is 264 g/mol. The summed E-state index contributed by atoms with van der Waals surface area (Å²) in [6, 6.07) is 1.64. The molecular formula is C12H16ClF2NO. The molecular weight excluding hydrogens is 248 g/mol. The number of ether oxygens (including phenoxy) is 1. The van der Waals surface area contributed by atoms with Crippen LogP contribution in [0.15, 0.2) is 24.3 Å². The molecule has 0 radical (unpaired) electrons. The van der Waals surface area contributed by atoms with Gasteiger partial charge in [0.1, 0.15) is 5.82 Å². The Bertz CT molecular complexity index is 410. The zero-order chi connectivity index (χ0) is 12.3. The Morgan fingerprint density at radius 2 is 2.06 bits per heavy atom. The van der Waals surface area contributed by atoms with E-state index < -0.39 is 17.7 Å². The van der Waals surface area contributed by atoms with Crippen LogP contribution in [0.1, 0.15) is 24.9 Å². The summed E-state index contributed by atoms with van der Waals surface area (Å²) in [4.78, 5) is 0. The van der Waals surface area contributed by atoms with Gasteiger partial charge in [-0.15, -0.1) is 19.0 Å². The van der Waals surface area contributed by atoms with E-state index in [9.17, 15) is 8.78 Å². The van der Waals surface area contributed by atoms with Crippen molar-refractivity contribution in [3.63, 3.8) is 0 Å². The predicted molar refractivity (Wildman–Crippen MR) is 66.5 cm³/mol. The van der Waals surface area contributed by atoms with Gasteiger partial charge in [-0.3, -0.25) is 0 Å². The van der Waals surface area contributed by atoms with Crippen LogP contribution in [0.25, 0.3) is 0 Å². The van der Waals surface area contributed by atoms with Crippen LogP contribution in [-0.4, -0.2) is 7.11 Å². The van der Waals surface area contributed by atoms with Gasteiger partial charge in [-0.1, -0.05) is 5.57 Å². The predicted octanol–water partition coefficient (Wildman–Crippen LogP) is 3.36. The van der Waals surface area contributed by atoms with Crippen molar-refractivity contribution >= 4 is 12.4 Å². The Morgan fingerprint density at radius 1 is 1.47 bits per heavy atom. The van der Waals surface area contributed by atoms with Gasteiger partial charge in [0.05, 0.1) is 7.11 Å². The minimum Gasteiger partial charge on any atom is -0.494 e. The number of methoxy groups -OCH3 is 1. The molecule has 5 heteroatoms. The van der Waals surface area contributed by atoms with E-state index in [0.717, 1.165) is 11.6 Å². The molecule has 0 saturated carbocycles. The first-order valence-electron chi connectivity index (χ1n) is 4.89. The second-order valence-corrected chi connectivity index (χ2v) is 3.75. The summed E-state index contributed by atoms with van der Waals surface area (Å²) in [6.07, 6.45) is 0.334. The molecule has 1 aromatic rings. The molecule has 2 nitrogen and oxygen atoms in total. The summed E-state index contributed by atoms with van der Waals surface area (Å²) >= 11 is 0. The van der Waals surface area contributed by atoms with E-state index in [2.05, 4.69) is 6.58 Å². The molecule has 0 amide bonds. The first kappa shape index (κ1) is 15.9. The monoisotopic (exact) mass is 263 g/mol. The highest BCUT2D eigenvalue weighted by atomic mass is 35.5. The van der Waals surface area contributed by atoms with Crippen LogP contribution in [0.3, 0.4) is 0 Å². The van der Waals surface area contributed by atoms with Crippen LogP contribution in [0, 0.1) is 11.6 Å². The van der Waals surface area contributed by atoms with E-state index in [-0.39, 0.29) is 23.7 Å². The first-order valence-corrected chi connectivity index (χ1v) is 4.89. The van der Waals surface area contributed by atoms with Crippen molar-refractivity contribution in [1.29, 1.82) is 0 Å². The summed E-state index contributed by atoms with van der Waals surface area (Å²) in [5.41, 5.74) is 6.35. The van der Waals surface area contributed by atoms with Gasteiger partial charge in [0, 0.05) is 11.6 Å². The normalized spacial score (nSPS) is 11.6. The second-order valence-electron chi connectivity index (χ2n) is 3.75. The fourth-order valence-electron chi connectivity index (χ4n) is 1.52. The fraction of sp³-hybridized carbons (Fsp3) is 0.333. The van der Waals surface area contributed by atoms with Crippen LogP contribution >= 0.6 is 12.4 Å². The minimum absolute atomic E-state index is 0. The molecule has 0 aromatic heterocycles. The highest BCUT2D eigenvalue weighted by molar-refractivity contribution is 5.85. The van der Waals surface area contributed by atoms with Crippen molar-refractivity contribution in [2.24, 2.45) is 5.73 Å². The first-order chi connectivity index (χ1) is 7.47. The van der Waals surface area contributed by atoms with Crippen molar-refractivity contribution in [3.05, 3.63) is 41.5 Å². The molecule has 2 N–H and O–H groups in total. The quantitative estimate of drug-likeness (QED) is 0.846. The Morgan fingerprint density at radius 3 is 2.53 bits per heavy atom. The number of halogens is 3. The van der Waals surface area contributed by atoms with E-state index in [4.69, 9.17) is 10.5 Å². The maximum atomic E-state index is 13.8. The van der Waals surface area contributed by atoms with E-state index in [1.807, 2.05) is 0 Å². The second kappa shape index (κ2) is 6.57. The highest BCUT2D eigenvalue weighted by Gasteiger charge is 2.20. The van der Waals surface area contributed by atoms with Gasteiger partial charge < -0.3 is 10.5 Å². The molecule has 1 rings (SSSR count). The molecule has 0 unspecified atom stereocenters. The third-order valence-electron chi connectivity index (χ3n) is 2.25. The maximum Gasteiger partial charge on any atom is 0.172 e. The van der Waals surface area contributed by atoms with Gasteiger partial charge in [0.25, 0.3) is 0 Å². The van der Waals surface area contributed by atoms with Crippen molar-refractivity contribution in [1.82, 2.24) is 0 Å². The van der Waals surface area contributed by atoms with Gasteiger partial charge in [-0.05, 0) is 25.5 Å². The molecule has 1 atom stereocenters. The van der Waals surface area contributed by atoms with Crippen molar-refractivity contribution < 1.29 is 13.5 Å². The van der Waals surface area contributed by atoms with Gasteiger partial charge in [-0.2, -0.15) is 0 Å². The summed E-state index contributed by atoms with van der Waals surface area (Å²) < 4.78 is 32.0. The number of nitrogens with two attached hydrogens (primary N) is 1. The van der Waals surface area contributed by atoms with E-state index in [1.54, 1.807) is 6.92 Å². The topological polar surface area (TPSA) is 35.2 Å². The van der Waals surface area contributed by atoms with Crippen LogP contribution in [0.5, 0.6) is 5.75 Å². The van der Waals surface area contributed by atoms with Gasteiger partial charge in [-0.25, -0.2) is 8.78 Å². The molecule has 0 saturated heterocycles. The lowest BCUT2D eigenvalue weighted by Crippen LogP contribution is -2.15. The Kier molecular flexibility index (Phi) is 6.13. The van der Waals surface area contributed by atoms with Crippen LogP contribution in [0.2, 0.25) is 0 Å². The molecule has 0 bridgehead atoms. The van der Waals surface area contributed by atoms with E-state index in [0.29, 0.717) is 6.42 Å². The van der Waals surface area contributed by atoms with Crippen LogP contribution in [-0.2, 0) is 0 Å². The lowest BCUT2D eigenvalue weighted by molar-refractivity contribution is 0.377. The number of rotatable bonds is 4. The standard InChI is InChI=1S/C12H15F2NO.ClH/c1-7(2)6-9(15)11-8(13)4-5-10(16-3)12(11)14;/h4-5,9H,1,6,15H2,2-3H3;1H/t9-;/m0./s1. The molecule has 1 aromatic carbocycles. The maximum absolute atomic E-state index is 13.8. The Labute approximate surface area is 106 Å². The molecule has 0 heterocycles. The number of benzene rings is 1.